The molecule has 2 aromatic heterocycles. The van der Waals surface area contributed by atoms with E-state index in [4.69, 9.17) is 11.6 Å². The Labute approximate surface area is 84.8 Å². The van der Waals surface area contributed by atoms with Crippen molar-refractivity contribution in [2.45, 2.75) is 13.0 Å². The number of hydrogen-bond acceptors (Lipinski definition) is 3. The Balaban J connectivity index is 2.62. The summed E-state index contributed by atoms with van der Waals surface area (Å²) >= 11 is 7.28. The van der Waals surface area contributed by atoms with Crippen molar-refractivity contribution in [3.8, 4) is 0 Å². The highest BCUT2D eigenvalue weighted by atomic mass is 35.5. The Morgan fingerprint density at radius 3 is 3.00 bits per heavy atom. The molecule has 2 nitrogen and oxygen atoms in total. The molecule has 1 atom stereocenters. The molecule has 68 valence electrons. The van der Waals surface area contributed by atoms with Crippen molar-refractivity contribution < 1.29 is 5.11 Å². The lowest BCUT2D eigenvalue weighted by atomic mass is 10.3. The summed E-state index contributed by atoms with van der Waals surface area (Å²) in [5.41, 5.74) is 0.855. The Kier molecular flexibility index (Phi) is 2.24. The van der Waals surface area contributed by atoms with Gasteiger partial charge in [-0.1, -0.05) is 11.6 Å². The molecule has 4 heteroatoms. The molecule has 0 saturated carbocycles. The molecule has 1 N–H and O–H groups in total. The van der Waals surface area contributed by atoms with Crippen molar-refractivity contribution in [2.24, 2.45) is 0 Å². The molecule has 0 radical (unpaired) electrons. The number of aliphatic hydroxyl groups is 1. The molecule has 0 amide bonds. The second-order valence-corrected chi connectivity index (χ2v) is 4.34. The number of nitrogens with zero attached hydrogens (tertiary/aromatic N) is 1. The second-order valence-electron chi connectivity index (χ2n) is 2.84. The number of pyridine rings is 1. The van der Waals surface area contributed by atoms with Crippen LogP contribution in [0.5, 0.6) is 0 Å². The Bertz CT molecular complexity index is 438. The quantitative estimate of drug-likeness (QED) is 0.739. The minimum absolute atomic E-state index is 0.432. The van der Waals surface area contributed by atoms with E-state index in [1.807, 2.05) is 12.1 Å². The first kappa shape index (κ1) is 8.94. The fourth-order valence-corrected chi connectivity index (χ4v) is 2.22. The largest absolute Gasteiger partial charge is 0.388 e. The molecular weight excluding hydrogens is 206 g/mol. The van der Waals surface area contributed by atoms with Gasteiger partial charge in [0.1, 0.15) is 5.15 Å². The Morgan fingerprint density at radius 1 is 1.54 bits per heavy atom. The predicted molar refractivity (Wildman–Crippen MR) is 55.3 cm³/mol. The summed E-state index contributed by atoms with van der Waals surface area (Å²) in [7, 11) is 0. The van der Waals surface area contributed by atoms with Crippen LogP contribution in [-0.2, 0) is 0 Å². The van der Waals surface area contributed by atoms with Gasteiger partial charge >= 0.3 is 0 Å². The van der Waals surface area contributed by atoms with Crippen LogP contribution in [0.3, 0.4) is 0 Å². The zero-order valence-corrected chi connectivity index (χ0v) is 8.56. The number of halogens is 1. The normalized spacial score (nSPS) is 13.5. The van der Waals surface area contributed by atoms with E-state index in [2.05, 4.69) is 4.98 Å². The minimum atomic E-state index is -0.432. The third kappa shape index (κ3) is 1.68. The van der Waals surface area contributed by atoms with E-state index in [1.165, 1.54) is 0 Å². The van der Waals surface area contributed by atoms with Gasteiger partial charge in [0, 0.05) is 4.88 Å². The van der Waals surface area contributed by atoms with E-state index in [9.17, 15) is 5.11 Å². The molecule has 2 rings (SSSR count). The molecule has 0 aromatic carbocycles. The summed E-state index contributed by atoms with van der Waals surface area (Å²) in [4.78, 5) is 5.06. The summed E-state index contributed by atoms with van der Waals surface area (Å²) in [6.45, 7) is 1.74. The van der Waals surface area contributed by atoms with Crippen LogP contribution in [0.4, 0.5) is 0 Å². The average Bonchev–Trinajstić information content (AvgIpc) is 2.46. The van der Waals surface area contributed by atoms with Gasteiger partial charge in [-0.2, -0.15) is 0 Å². The van der Waals surface area contributed by atoms with Gasteiger partial charge in [-0.3, -0.25) is 0 Å². The zero-order chi connectivity index (χ0) is 9.42. The van der Waals surface area contributed by atoms with Crippen LogP contribution in [0.25, 0.3) is 10.2 Å². The zero-order valence-electron chi connectivity index (χ0n) is 6.99. The highest BCUT2D eigenvalue weighted by Crippen LogP contribution is 2.29. The van der Waals surface area contributed by atoms with Crippen LogP contribution in [0.15, 0.2) is 18.2 Å². The van der Waals surface area contributed by atoms with Gasteiger partial charge in [0.05, 0.1) is 16.3 Å². The molecule has 0 fully saturated rings. The Hall–Kier alpha value is -0.640. The van der Waals surface area contributed by atoms with Gasteiger partial charge in [0.2, 0.25) is 0 Å². The molecule has 0 spiro atoms. The predicted octanol–water partition coefficient (Wildman–Crippen LogP) is 3.00. The van der Waals surface area contributed by atoms with E-state index >= 15 is 0 Å². The van der Waals surface area contributed by atoms with Crippen LogP contribution in [0.2, 0.25) is 5.15 Å². The van der Waals surface area contributed by atoms with E-state index in [0.717, 1.165) is 15.1 Å². The lowest BCUT2D eigenvalue weighted by Crippen LogP contribution is -1.83. The van der Waals surface area contributed by atoms with E-state index < -0.39 is 6.10 Å². The molecule has 2 aromatic rings. The maximum atomic E-state index is 9.34. The molecular formula is C9H8ClNOS. The first-order valence-corrected chi connectivity index (χ1v) is 5.10. The smallest absolute Gasteiger partial charge is 0.129 e. The van der Waals surface area contributed by atoms with Crippen LogP contribution in [0.1, 0.15) is 17.9 Å². The van der Waals surface area contributed by atoms with Crippen molar-refractivity contribution in [3.63, 3.8) is 0 Å². The van der Waals surface area contributed by atoms with Gasteiger partial charge < -0.3 is 5.11 Å². The van der Waals surface area contributed by atoms with Gasteiger partial charge in [0.15, 0.2) is 0 Å². The highest BCUT2D eigenvalue weighted by Gasteiger charge is 2.07. The number of aromatic nitrogens is 1. The molecule has 0 aliphatic rings. The average molecular weight is 214 g/mol. The van der Waals surface area contributed by atoms with Gasteiger partial charge in [-0.25, -0.2) is 4.98 Å². The third-order valence-electron chi connectivity index (χ3n) is 1.77. The van der Waals surface area contributed by atoms with Gasteiger partial charge in [-0.15, -0.1) is 11.3 Å². The van der Waals surface area contributed by atoms with Crippen molar-refractivity contribution in [3.05, 3.63) is 28.2 Å². The maximum absolute atomic E-state index is 9.34. The summed E-state index contributed by atoms with van der Waals surface area (Å²) < 4.78 is 1.06. The van der Waals surface area contributed by atoms with E-state index in [-0.39, 0.29) is 0 Å². The summed E-state index contributed by atoms with van der Waals surface area (Å²) in [6.07, 6.45) is -0.432. The fraction of sp³-hybridized carbons (Fsp3) is 0.222. The van der Waals surface area contributed by atoms with Crippen molar-refractivity contribution >= 4 is 33.2 Å². The highest BCUT2D eigenvalue weighted by molar-refractivity contribution is 7.19. The SMILES string of the molecule is C[C@@H](O)c1cc2nc(Cl)ccc2s1. The third-order valence-corrected chi connectivity index (χ3v) is 3.24. The standard InChI is InChI=1S/C9H8ClNOS/c1-5(12)8-4-6-7(13-8)2-3-9(10)11-6/h2-5,12H,1H3/t5-/m1/s1. The van der Waals surface area contributed by atoms with Gasteiger partial charge in [0.25, 0.3) is 0 Å². The lowest BCUT2D eigenvalue weighted by molar-refractivity contribution is 0.203. The molecule has 0 unspecified atom stereocenters. The molecule has 2 heterocycles. The van der Waals surface area contributed by atoms with Crippen molar-refractivity contribution in [2.75, 3.05) is 0 Å². The molecule has 0 aliphatic heterocycles. The second kappa shape index (κ2) is 3.25. The number of rotatable bonds is 1. The summed E-state index contributed by atoms with van der Waals surface area (Å²) in [5.74, 6) is 0. The van der Waals surface area contributed by atoms with Crippen LogP contribution in [-0.4, -0.2) is 10.1 Å². The van der Waals surface area contributed by atoms with Gasteiger partial charge in [-0.05, 0) is 25.1 Å². The first-order valence-electron chi connectivity index (χ1n) is 3.91. The van der Waals surface area contributed by atoms with Crippen LogP contribution in [0, 0.1) is 0 Å². The monoisotopic (exact) mass is 213 g/mol. The topological polar surface area (TPSA) is 33.1 Å². The number of hydrogen-bond donors (Lipinski definition) is 1. The summed E-state index contributed by atoms with van der Waals surface area (Å²) in [6, 6.07) is 5.55. The molecule has 0 aliphatic carbocycles. The first-order chi connectivity index (χ1) is 6.16. The van der Waals surface area contributed by atoms with Crippen LogP contribution < -0.4 is 0 Å². The molecule has 0 bridgehead atoms. The number of fused-ring (bicyclic) bond motifs is 1. The number of aliphatic hydroxyl groups excluding tert-OH is 1. The minimum Gasteiger partial charge on any atom is -0.388 e. The molecule has 13 heavy (non-hydrogen) atoms. The lowest BCUT2D eigenvalue weighted by Gasteiger charge is -1.95. The van der Waals surface area contributed by atoms with E-state index in [1.54, 1.807) is 24.3 Å². The molecule has 0 saturated heterocycles. The van der Waals surface area contributed by atoms with Crippen molar-refractivity contribution in [1.29, 1.82) is 0 Å². The van der Waals surface area contributed by atoms with E-state index in [0.29, 0.717) is 5.15 Å². The Morgan fingerprint density at radius 2 is 2.31 bits per heavy atom. The maximum Gasteiger partial charge on any atom is 0.129 e. The number of thiophene rings is 1. The van der Waals surface area contributed by atoms with Crippen molar-refractivity contribution in [1.82, 2.24) is 4.98 Å². The summed E-state index contributed by atoms with van der Waals surface area (Å²) in [5, 5.41) is 9.83. The fourth-order valence-electron chi connectivity index (χ4n) is 1.12. The van der Waals surface area contributed by atoms with Crippen LogP contribution >= 0.6 is 22.9 Å².